The smallest absolute Gasteiger partial charge is 0.329 e. The van der Waals surface area contributed by atoms with E-state index < -0.39 is 17.9 Å². The fraction of sp³-hybridized carbons (Fsp3) is 0.300. The Balaban J connectivity index is 1.72. The number of nitrogens with zero attached hydrogens (tertiary/aromatic N) is 1. The van der Waals surface area contributed by atoms with Gasteiger partial charge in [-0.2, -0.15) is 0 Å². The molecule has 2 aromatic heterocycles. The van der Waals surface area contributed by atoms with Gasteiger partial charge >= 0.3 is 5.97 Å². The lowest BCUT2D eigenvalue weighted by Gasteiger charge is -2.20. The van der Waals surface area contributed by atoms with Crippen LogP contribution in [0.5, 0.6) is 0 Å². The van der Waals surface area contributed by atoms with E-state index in [1.807, 2.05) is 13.0 Å². The zero-order chi connectivity index (χ0) is 20.3. The molecule has 0 aliphatic carbocycles. The van der Waals surface area contributed by atoms with Gasteiger partial charge in [-0.25, -0.2) is 9.78 Å². The van der Waals surface area contributed by atoms with Crippen molar-refractivity contribution in [2.75, 3.05) is 0 Å². The molecule has 0 radical (unpaired) electrons. The number of carbonyl (C=O) groups excluding carboxylic acids is 2. The molecule has 1 atom stereocenters. The molecule has 3 aromatic rings. The molecule has 8 heteroatoms. The molecule has 0 saturated heterocycles. The molecule has 0 aliphatic rings. The van der Waals surface area contributed by atoms with Gasteiger partial charge in [-0.3, -0.25) is 9.59 Å². The quantitative estimate of drug-likeness (QED) is 0.632. The topological polar surface area (TPSA) is 114 Å². The predicted molar refractivity (Wildman–Crippen MR) is 102 cm³/mol. The van der Waals surface area contributed by atoms with Gasteiger partial charge in [-0.15, -0.1) is 0 Å². The van der Waals surface area contributed by atoms with Gasteiger partial charge in [-0.1, -0.05) is 26.0 Å². The number of benzene rings is 1. The van der Waals surface area contributed by atoms with E-state index in [2.05, 4.69) is 15.3 Å². The maximum absolute atomic E-state index is 12.5. The molecule has 2 N–H and O–H groups in total. The van der Waals surface area contributed by atoms with Crippen LogP contribution in [0.3, 0.4) is 0 Å². The van der Waals surface area contributed by atoms with Crippen LogP contribution in [0.2, 0.25) is 0 Å². The van der Waals surface area contributed by atoms with Gasteiger partial charge in [0.05, 0.1) is 17.2 Å². The summed E-state index contributed by atoms with van der Waals surface area (Å²) in [5.41, 5.74) is 1.11. The fourth-order valence-electron chi connectivity index (χ4n) is 2.77. The molecule has 1 amide bonds. The van der Waals surface area contributed by atoms with Crippen LogP contribution in [0.4, 0.5) is 0 Å². The van der Waals surface area contributed by atoms with E-state index in [4.69, 9.17) is 9.15 Å². The van der Waals surface area contributed by atoms with Crippen LogP contribution in [0, 0.1) is 12.8 Å². The Hall–Kier alpha value is -3.42. The molecule has 146 valence electrons. The van der Waals surface area contributed by atoms with Crippen molar-refractivity contribution in [1.82, 2.24) is 15.3 Å². The third-order valence-electron chi connectivity index (χ3n) is 4.29. The van der Waals surface area contributed by atoms with E-state index in [0.717, 1.165) is 5.56 Å². The molecule has 0 unspecified atom stereocenters. The van der Waals surface area contributed by atoms with Crippen LogP contribution in [-0.4, -0.2) is 27.9 Å². The minimum atomic E-state index is -0.869. The molecule has 0 bridgehead atoms. The number of aryl methyl sites for hydroxylation is 1. The zero-order valence-electron chi connectivity index (χ0n) is 15.8. The summed E-state index contributed by atoms with van der Waals surface area (Å²) in [5, 5.41) is 3.08. The highest BCUT2D eigenvalue weighted by Crippen LogP contribution is 2.13. The summed E-state index contributed by atoms with van der Waals surface area (Å²) >= 11 is 0. The van der Waals surface area contributed by atoms with Gasteiger partial charge in [0.2, 0.25) is 0 Å². The van der Waals surface area contributed by atoms with Crippen LogP contribution in [-0.2, 0) is 16.1 Å². The van der Waals surface area contributed by atoms with Crippen LogP contribution >= 0.6 is 0 Å². The minimum absolute atomic E-state index is 0.106. The summed E-state index contributed by atoms with van der Waals surface area (Å²) in [7, 11) is 0. The summed E-state index contributed by atoms with van der Waals surface area (Å²) in [6.07, 6.45) is 1.38. The Kier molecular flexibility index (Phi) is 5.58. The highest BCUT2D eigenvalue weighted by atomic mass is 16.5. The molecule has 28 heavy (non-hydrogen) atoms. The maximum Gasteiger partial charge on any atom is 0.329 e. The molecule has 2 heterocycles. The van der Waals surface area contributed by atoms with Crippen LogP contribution < -0.4 is 10.9 Å². The number of hydrogen-bond donors (Lipinski definition) is 2. The molecule has 0 spiro atoms. The van der Waals surface area contributed by atoms with Crippen molar-refractivity contribution in [1.29, 1.82) is 0 Å². The van der Waals surface area contributed by atoms with Gasteiger partial charge < -0.3 is 19.5 Å². The second-order valence-electron chi connectivity index (χ2n) is 6.76. The second-order valence-corrected chi connectivity index (χ2v) is 6.76. The van der Waals surface area contributed by atoms with Crippen molar-refractivity contribution in [3.8, 4) is 0 Å². The van der Waals surface area contributed by atoms with E-state index >= 15 is 0 Å². The number of H-pyrrole nitrogens is 1. The fourth-order valence-corrected chi connectivity index (χ4v) is 2.77. The number of amides is 1. The number of esters is 1. The zero-order valence-corrected chi connectivity index (χ0v) is 15.8. The highest BCUT2D eigenvalue weighted by Gasteiger charge is 2.27. The van der Waals surface area contributed by atoms with Crippen molar-refractivity contribution in [2.24, 2.45) is 5.92 Å². The molecule has 0 aliphatic heterocycles. The summed E-state index contributed by atoms with van der Waals surface area (Å²) in [4.78, 5) is 43.9. The Labute approximate surface area is 160 Å². The van der Waals surface area contributed by atoms with Crippen molar-refractivity contribution in [3.63, 3.8) is 0 Å². The lowest BCUT2D eigenvalue weighted by Crippen LogP contribution is -2.45. The third kappa shape index (κ3) is 4.11. The Morgan fingerprint density at radius 2 is 2.04 bits per heavy atom. The van der Waals surface area contributed by atoms with Crippen LogP contribution in [0.1, 0.15) is 35.8 Å². The molecule has 0 fully saturated rings. The van der Waals surface area contributed by atoms with E-state index in [9.17, 15) is 14.4 Å². The molecule has 0 saturated carbocycles. The first-order valence-electron chi connectivity index (χ1n) is 8.86. The van der Waals surface area contributed by atoms with Gasteiger partial charge in [0.15, 0.2) is 5.76 Å². The number of aromatic amines is 1. The number of para-hydroxylation sites is 1. The Morgan fingerprint density at radius 1 is 1.25 bits per heavy atom. The highest BCUT2D eigenvalue weighted by molar-refractivity contribution is 5.94. The van der Waals surface area contributed by atoms with Crippen molar-refractivity contribution < 1.29 is 18.7 Å². The largest absolute Gasteiger partial charge is 0.459 e. The standard InChI is InChI=1S/C20H21N3O5/c1-11(2)16(23-19(25)14-8-5-9-27-14)20(26)28-10-15-21-17-12(3)6-4-7-13(17)18(24)22-15/h4-9,11,16H,10H2,1-3H3,(H,23,25)(H,21,22,24)/t16-/m0/s1. The minimum Gasteiger partial charge on any atom is -0.459 e. The Bertz CT molecular complexity index is 1050. The monoisotopic (exact) mass is 383 g/mol. The van der Waals surface area contributed by atoms with E-state index in [0.29, 0.717) is 10.9 Å². The number of ether oxygens (including phenoxy) is 1. The average molecular weight is 383 g/mol. The first-order chi connectivity index (χ1) is 13.4. The Morgan fingerprint density at radius 3 is 2.71 bits per heavy atom. The molecule has 1 aromatic carbocycles. The summed E-state index contributed by atoms with van der Waals surface area (Å²) < 4.78 is 10.3. The van der Waals surface area contributed by atoms with Gasteiger partial charge in [-0.05, 0) is 36.6 Å². The average Bonchev–Trinajstić information content (AvgIpc) is 3.19. The van der Waals surface area contributed by atoms with Crippen LogP contribution in [0.15, 0.2) is 45.8 Å². The number of carbonyl (C=O) groups is 2. The van der Waals surface area contributed by atoms with Crippen LogP contribution in [0.25, 0.3) is 10.9 Å². The van der Waals surface area contributed by atoms with E-state index in [-0.39, 0.29) is 29.7 Å². The van der Waals surface area contributed by atoms with E-state index in [1.54, 1.807) is 32.0 Å². The molecule has 3 rings (SSSR count). The second kappa shape index (κ2) is 8.08. The van der Waals surface area contributed by atoms with E-state index in [1.165, 1.54) is 12.3 Å². The maximum atomic E-state index is 12.5. The normalized spacial score (nSPS) is 12.1. The lowest BCUT2D eigenvalue weighted by molar-refractivity contribution is -0.148. The SMILES string of the molecule is Cc1cccc2c(=O)[nH]c(COC(=O)[C@@H](NC(=O)c3ccco3)C(C)C)nc12. The number of fused-ring (bicyclic) bond motifs is 1. The number of furan rings is 1. The van der Waals surface area contributed by atoms with Gasteiger partial charge in [0.25, 0.3) is 11.5 Å². The summed E-state index contributed by atoms with van der Waals surface area (Å²) in [6, 6.07) is 7.53. The first kappa shape index (κ1) is 19.3. The number of rotatable bonds is 6. The molecular weight excluding hydrogens is 362 g/mol. The molecule has 8 nitrogen and oxygen atoms in total. The summed E-state index contributed by atoms with van der Waals surface area (Å²) in [5.74, 6) is -0.998. The molecular formula is C20H21N3O5. The predicted octanol–water partition coefficient (Wildman–Crippen LogP) is 2.32. The number of nitrogens with one attached hydrogen (secondary N) is 2. The van der Waals surface area contributed by atoms with Gasteiger partial charge in [0, 0.05) is 0 Å². The van der Waals surface area contributed by atoms with Gasteiger partial charge in [0.1, 0.15) is 18.5 Å². The first-order valence-corrected chi connectivity index (χ1v) is 8.86. The number of hydrogen-bond acceptors (Lipinski definition) is 6. The number of aromatic nitrogens is 2. The van der Waals surface area contributed by atoms with Crippen molar-refractivity contribution >= 4 is 22.8 Å². The summed E-state index contributed by atoms with van der Waals surface area (Å²) in [6.45, 7) is 5.21. The lowest BCUT2D eigenvalue weighted by atomic mass is 10.0. The van der Waals surface area contributed by atoms with Crippen molar-refractivity contribution in [3.05, 3.63) is 64.1 Å². The van der Waals surface area contributed by atoms with Crippen molar-refractivity contribution in [2.45, 2.75) is 33.4 Å². The third-order valence-corrected chi connectivity index (χ3v) is 4.29.